The molecule has 2 aromatic carbocycles. The fraction of sp³-hybridized carbons (Fsp3) is 0.174. The molecule has 160 valence electrons. The predicted octanol–water partition coefficient (Wildman–Crippen LogP) is 4.57. The van der Waals surface area contributed by atoms with Crippen molar-refractivity contribution in [1.29, 1.82) is 0 Å². The molecule has 1 N–H and O–H groups in total. The summed E-state index contributed by atoms with van der Waals surface area (Å²) in [5.41, 5.74) is 1.19. The second-order valence-electron chi connectivity index (χ2n) is 6.48. The van der Waals surface area contributed by atoms with Crippen LogP contribution in [0.4, 0.5) is 15.8 Å². The molecule has 0 bridgehead atoms. The monoisotopic (exact) mass is 441 g/mol. The van der Waals surface area contributed by atoms with E-state index in [4.69, 9.17) is 16.3 Å². The Morgan fingerprint density at radius 3 is 2.39 bits per heavy atom. The number of rotatable bonds is 8. The van der Waals surface area contributed by atoms with Crippen LogP contribution in [0.1, 0.15) is 18.7 Å². The fourth-order valence-corrected chi connectivity index (χ4v) is 3.17. The first-order valence-corrected chi connectivity index (χ1v) is 10.1. The number of carbonyl (C=O) groups is 2. The lowest BCUT2D eigenvalue weighted by molar-refractivity contribution is -0.122. The predicted molar refractivity (Wildman–Crippen MR) is 118 cm³/mol. The van der Waals surface area contributed by atoms with Crippen LogP contribution in [-0.4, -0.2) is 29.3 Å². The van der Waals surface area contributed by atoms with E-state index in [0.29, 0.717) is 29.4 Å². The number of amides is 2. The summed E-state index contributed by atoms with van der Waals surface area (Å²) < 4.78 is 18.9. The number of anilines is 2. The van der Waals surface area contributed by atoms with Gasteiger partial charge in [0.25, 0.3) is 5.91 Å². The Morgan fingerprint density at radius 2 is 1.81 bits per heavy atom. The van der Waals surface area contributed by atoms with E-state index in [1.807, 2.05) is 6.92 Å². The summed E-state index contributed by atoms with van der Waals surface area (Å²) in [6.45, 7) is 2.41. The van der Waals surface area contributed by atoms with Gasteiger partial charge in [-0.2, -0.15) is 0 Å². The number of pyridine rings is 1. The molecule has 3 aromatic rings. The zero-order valence-electron chi connectivity index (χ0n) is 16.8. The zero-order valence-corrected chi connectivity index (χ0v) is 17.6. The number of ether oxygens (including phenoxy) is 1. The highest BCUT2D eigenvalue weighted by atomic mass is 35.5. The highest BCUT2D eigenvalue weighted by Crippen LogP contribution is 2.29. The normalized spacial score (nSPS) is 11.5. The van der Waals surface area contributed by atoms with E-state index >= 15 is 0 Å². The third-order valence-electron chi connectivity index (χ3n) is 4.40. The number of halogens is 2. The van der Waals surface area contributed by atoms with Crippen LogP contribution in [0.25, 0.3) is 0 Å². The van der Waals surface area contributed by atoms with E-state index < -0.39 is 23.7 Å². The number of alkyl halides is 1. The SMILES string of the molecule is CCOc1ccc(NC(=O)[C@H](c2ccccn2)N(C(=O)CCl)c2ccc(F)cc2)cc1. The van der Waals surface area contributed by atoms with Crippen molar-refractivity contribution in [3.63, 3.8) is 0 Å². The molecule has 1 atom stereocenters. The first-order valence-electron chi connectivity index (χ1n) is 9.61. The summed E-state index contributed by atoms with van der Waals surface area (Å²) in [6, 6.07) is 16.1. The Bertz CT molecular complexity index is 1010. The quantitative estimate of drug-likeness (QED) is 0.520. The van der Waals surface area contributed by atoms with Crippen LogP contribution >= 0.6 is 11.6 Å². The van der Waals surface area contributed by atoms with E-state index in [0.717, 1.165) is 0 Å². The summed E-state index contributed by atoms with van der Waals surface area (Å²) in [7, 11) is 0. The molecule has 1 aromatic heterocycles. The molecule has 8 heteroatoms. The van der Waals surface area contributed by atoms with E-state index in [9.17, 15) is 14.0 Å². The lowest BCUT2D eigenvalue weighted by Gasteiger charge is -2.30. The molecule has 0 saturated heterocycles. The van der Waals surface area contributed by atoms with Crippen LogP contribution in [0.5, 0.6) is 5.75 Å². The van der Waals surface area contributed by atoms with Crippen molar-refractivity contribution in [2.24, 2.45) is 0 Å². The van der Waals surface area contributed by atoms with Crippen molar-refractivity contribution >= 4 is 34.8 Å². The molecule has 3 rings (SSSR count). The Hall–Kier alpha value is -3.45. The number of nitrogens with one attached hydrogen (secondary N) is 1. The zero-order chi connectivity index (χ0) is 22.2. The molecule has 0 aliphatic carbocycles. The minimum Gasteiger partial charge on any atom is -0.494 e. The summed E-state index contributed by atoms with van der Waals surface area (Å²) in [4.78, 5) is 31.6. The minimum atomic E-state index is -1.12. The summed E-state index contributed by atoms with van der Waals surface area (Å²) >= 11 is 5.84. The Balaban J connectivity index is 1.98. The summed E-state index contributed by atoms with van der Waals surface area (Å²) in [6.07, 6.45) is 1.53. The van der Waals surface area contributed by atoms with Gasteiger partial charge in [0.1, 0.15) is 17.4 Å². The molecule has 2 amide bonds. The first kappa shape index (κ1) is 22.2. The number of benzene rings is 2. The third kappa shape index (κ3) is 5.58. The topological polar surface area (TPSA) is 71.5 Å². The molecule has 0 unspecified atom stereocenters. The molecule has 1 heterocycles. The van der Waals surface area contributed by atoms with Gasteiger partial charge in [-0.15, -0.1) is 11.6 Å². The van der Waals surface area contributed by atoms with Crippen molar-refractivity contribution < 1.29 is 18.7 Å². The Kier molecular flexibility index (Phi) is 7.56. The minimum absolute atomic E-state index is 0.324. The van der Waals surface area contributed by atoms with Crippen molar-refractivity contribution in [1.82, 2.24) is 4.98 Å². The molecule has 6 nitrogen and oxygen atoms in total. The van der Waals surface area contributed by atoms with Gasteiger partial charge in [-0.3, -0.25) is 19.5 Å². The van der Waals surface area contributed by atoms with Gasteiger partial charge in [-0.1, -0.05) is 6.07 Å². The molecular formula is C23H21ClFN3O3. The van der Waals surface area contributed by atoms with Crippen molar-refractivity contribution in [2.45, 2.75) is 13.0 Å². The molecule has 31 heavy (non-hydrogen) atoms. The molecule has 0 radical (unpaired) electrons. The van der Waals surface area contributed by atoms with Crippen molar-refractivity contribution in [3.8, 4) is 5.75 Å². The third-order valence-corrected chi connectivity index (χ3v) is 4.62. The Morgan fingerprint density at radius 1 is 1.10 bits per heavy atom. The number of hydrogen-bond acceptors (Lipinski definition) is 4. The average Bonchev–Trinajstić information content (AvgIpc) is 2.79. The molecule has 0 fully saturated rings. The van der Waals surface area contributed by atoms with Gasteiger partial charge < -0.3 is 10.1 Å². The highest BCUT2D eigenvalue weighted by molar-refractivity contribution is 6.30. The van der Waals surface area contributed by atoms with Crippen LogP contribution < -0.4 is 15.0 Å². The summed E-state index contributed by atoms with van der Waals surface area (Å²) in [5, 5.41) is 2.80. The van der Waals surface area contributed by atoms with E-state index in [-0.39, 0.29) is 5.88 Å². The van der Waals surface area contributed by atoms with Gasteiger partial charge in [0, 0.05) is 17.6 Å². The van der Waals surface area contributed by atoms with Crippen LogP contribution in [0.2, 0.25) is 0 Å². The number of carbonyl (C=O) groups excluding carboxylic acids is 2. The van der Waals surface area contributed by atoms with Crippen molar-refractivity contribution in [3.05, 3.63) is 84.4 Å². The van der Waals surface area contributed by atoms with E-state index in [2.05, 4.69) is 10.3 Å². The van der Waals surface area contributed by atoms with Crippen LogP contribution in [0, 0.1) is 5.82 Å². The van der Waals surface area contributed by atoms with Gasteiger partial charge >= 0.3 is 0 Å². The number of hydrogen-bond donors (Lipinski definition) is 1. The maximum Gasteiger partial charge on any atom is 0.253 e. The average molecular weight is 442 g/mol. The summed E-state index contributed by atoms with van der Waals surface area (Å²) in [5.74, 6) is -1.17. The number of aromatic nitrogens is 1. The maximum absolute atomic E-state index is 13.5. The second kappa shape index (κ2) is 10.5. The first-order chi connectivity index (χ1) is 15.0. The molecule has 0 spiro atoms. The lowest BCUT2D eigenvalue weighted by atomic mass is 10.1. The van der Waals surface area contributed by atoms with E-state index in [1.54, 1.807) is 42.5 Å². The van der Waals surface area contributed by atoms with Crippen molar-refractivity contribution in [2.75, 3.05) is 22.7 Å². The van der Waals surface area contributed by atoms with Crippen LogP contribution in [0.15, 0.2) is 72.9 Å². The van der Waals surface area contributed by atoms with Crippen LogP contribution in [-0.2, 0) is 9.59 Å². The van der Waals surface area contributed by atoms with E-state index in [1.165, 1.54) is 35.4 Å². The maximum atomic E-state index is 13.5. The van der Waals surface area contributed by atoms with Gasteiger partial charge in [0.05, 0.1) is 12.3 Å². The molecule has 0 aliphatic rings. The molecular weight excluding hydrogens is 421 g/mol. The Labute approximate surface area is 184 Å². The standard InChI is InChI=1S/C23H21ClFN3O3/c1-2-31-19-12-8-17(9-13-19)27-23(30)22(20-5-3-4-14-26-20)28(21(29)15-24)18-10-6-16(25)7-11-18/h3-14,22H,2,15H2,1H3,(H,27,30)/t22-/m0/s1. The van der Waals surface area contributed by atoms with Gasteiger partial charge in [-0.05, 0) is 67.6 Å². The fourth-order valence-electron chi connectivity index (χ4n) is 3.04. The van der Waals surface area contributed by atoms with Gasteiger partial charge in [0.2, 0.25) is 5.91 Å². The van der Waals surface area contributed by atoms with Crippen LogP contribution in [0.3, 0.4) is 0 Å². The van der Waals surface area contributed by atoms with Gasteiger partial charge in [0.15, 0.2) is 6.04 Å². The molecule has 0 saturated carbocycles. The highest BCUT2D eigenvalue weighted by Gasteiger charge is 2.33. The lowest BCUT2D eigenvalue weighted by Crippen LogP contribution is -2.42. The smallest absolute Gasteiger partial charge is 0.253 e. The molecule has 0 aliphatic heterocycles. The van der Waals surface area contributed by atoms with Gasteiger partial charge in [-0.25, -0.2) is 4.39 Å². The second-order valence-corrected chi connectivity index (χ2v) is 6.74. The number of nitrogens with zero attached hydrogens (tertiary/aromatic N) is 2. The largest absolute Gasteiger partial charge is 0.494 e.